The summed E-state index contributed by atoms with van der Waals surface area (Å²) in [5.41, 5.74) is 1.43. The predicted octanol–water partition coefficient (Wildman–Crippen LogP) is 4.69. The molecule has 2 amide bonds. The van der Waals surface area contributed by atoms with Crippen molar-refractivity contribution >= 4 is 29.2 Å². The fraction of sp³-hybridized carbons (Fsp3) is 0.227. The molecule has 0 aliphatic heterocycles. The number of nitro benzene ring substituents is 1. The number of carbonyl (C=O) groups is 2. The van der Waals surface area contributed by atoms with Gasteiger partial charge >= 0.3 is 6.09 Å². The van der Waals surface area contributed by atoms with Crippen molar-refractivity contribution in [2.75, 3.05) is 10.6 Å². The Kier molecular flexibility index (Phi) is 6.24. The van der Waals surface area contributed by atoms with E-state index in [1.807, 2.05) is 0 Å². The van der Waals surface area contributed by atoms with Gasteiger partial charge in [-0.2, -0.15) is 5.10 Å². The van der Waals surface area contributed by atoms with Crippen LogP contribution in [0.3, 0.4) is 0 Å². The molecule has 0 fully saturated rings. The first kappa shape index (κ1) is 22.5. The van der Waals surface area contributed by atoms with Crippen LogP contribution >= 0.6 is 0 Å². The summed E-state index contributed by atoms with van der Waals surface area (Å²) >= 11 is 0. The Labute approximate surface area is 184 Å². The van der Waals surface area contributed by atoms with E-state index in [2.05, 4.69) is 15.7 Å². The van der Waals surface area contributed by atoms with Gasteiger partial charge in [-0.05, 0) is 64.1 Å². The summed E-state index contributed by atoms with van der Waals surface area (Å²) in [6, 6.07) is 13.9. The molecule has 0 bridgehead atoms. The van der Waals surface area contributed by atoms with Gasteiger partial charge in [-0.1, -0.05) is 0 Å². The molecule has 1 heterocycles. The van der Waals surface area contributed by atoms with E-state index < -0.39 is 16.6 Å². The molecule has 32 heavy (non-hydrogen) atoms. The van der Waals surface area contributed by atoms with Gasteiger partial charge in [0.1, 0.15) is 11.4 Å². The zero-order chi connectivity index (χ0) is 23.5. The van der Waals surface area contributed by atoms with Crippen molar-refractivity contribution in [3.63, 3.8) is 0 Å². The van der Waals surface area contributed by atoms with E-state index in [-0.39, 0.29) is 11.6 Å². The molecule has 0 saturated heterocycles. The van der Waals surface area contributed by atoms with Crippen LogP contribution in [0, 0.1) is 17.0 Å². The summed E-state index contributed by atoms with van der Waals surface area (Å²) in [6.45, 7) is 7.07. The summed E-state index contributed by atoms with van der Waals surface area (Å²) in [5, 5.41) is 20.6. The number of hydrogen-bond donors (Lipinski definition) is 2. The average Bonchev–Trinajstić information content (AvgIpc) is 3.07. The fourth-order valence-electron chi connectivity index (χ4n) is 2.82. The van der Waals surface area contributed by atoms with E-state index in [0.717, 1.165) is 0 Å². The van der Waals surface area contributed by atoms with Crippen molar-refractivity contribution < 1.29 is 19.2 Å². The van der Waals surface area contributed by atoms with Gasteiger partial charge in [-0.25, -0.2) is 9.48 Å². The molecule has 0 aliphatic rings. The Morgan fingerprint density at radius 1 is 1.03 bits per heavy atom. The number of benzene rings is 2. The molecule has 1 aromatic heterocycles. The van der Waals surface area contributed by atoms with Gasteiger partial charge in [-0.3, -0.25) is 20.2 Å². The number of hydrogen-bond acceptors (Lipinski definition) is 6. The summed E-state index contributed by atoms with van der Waals surface area (Å²) < 4.78 is 6.70. The lowest BCUT2D eigenvalue weighted by atomic mass is 10.2. The van der Waals surface area contributed by atoms with Crippen LogP contribution in [0.15, 0.2) is 54.6 Å². The Hall–Kier alpha value is -4.21. The fourth-order valence-corrected chi connectivity index (χ4v) is 2.82. The summed E-state index contributed by atoms with van der Waals surface area (Å²) in [7, 11) is 0. The van der Waals surface area contributed by atoms with Crippen molar-refractivity contribution in [2.24, 2.45) is 0 Å². The maximum absolute atomic E-state index is 12.7. The predicted molar refractivity (Wildman–Crippen MR) is 119 cm³/mol. The third-order valence-electron chi connectivity index (χ3n) is 4.17. The van der Waals surface area contributed by atoms with Gasteiger partial charge in [0.25, 0.3) is 11.6 Å². The van der Waals surface area contributed by atoms with E-state index in [1.54, 1.807) is 70.2 Å². The lowest BCUT2D eigenvalue weighted by Crippen LogP contribution is -2.27. The highest BCUT2D eigenvalue weighted by Gasteiger charge is 2.17. The van der Waals surface area contributed by atoms with Crippen LogP contribution in [0.25, 0.3) is 5.69 Å². The Balaban J connectivity index is 1.72. The Bertz CT molecular complexity index is 1140. The number of non-ortho nitro benzene ring substituents is 1. The largest absolute Gasteiger partial charge is 0.444 e. The molecule has 10 nitrogen and oxygen atoms in total. The topological polar surface area (TPSA) is 128 Å². The van der Waals surface area contributed by atoms with Crippen LogP contribution in [-0.4, -0.2) is 32.3 Å². The van der Waals surface area contributed by atoms with Gasteiger partial charge in [0.2, 0.25) is 0 Å². The highest BCUT2D eigenvalue weighted by Crippen LogP contribution is 2.21. The number of amides is 2. The van der Waals surface area contributed by atoms with Crippen LogP contribution < -0.4 is 10.6 Å². The van der Waals surface area contributed by atoms with Crippen molar-refractivity contribution in [2.45, 2.75) is 33.3 Å². The Morgan fingerprint density at radius 3 is 2.22 bits per heavy atom. The second-order valence-corrected chi connectivity index (χ2v) is 8.01. The highest BCUT2D eigenvalue weighted by molar-refractivity contribution is 6.04. The molecular formula is C22H23N5O5. The molecule has 0 unspecified atom stereocenters. The minimum absolute atomic E-state index is 0.0386. The number of carbonyl (C=O) groups excluding carboxylic acids is 2. The van der Waals surface area contributed by atoms with Gasteiger partial charge in [0.15, 0.2) is 0 Å². The first-order chi connectivity index (χ1) is 15.0. The second-order valence-electron chi connectivity index (χ2n) is 8.01. The maximum atomic E-state index is 12.7. The summed E-state index contributed by atoms with van der Waals surface area (Å²) in [4.78, 5) is 35.0. The van der Waals surface area contributed by atoms with Crippen LogP contribution in [0.5, 0.6) is 0 Å². The zero-order valence-corrected chi connectivity index (χ0v) is 18.1. The minimum atomic E-state index is -0.616. The lowest BCUT2D eigenvalue weighted by molar-refractivity contribution is -0.384. The molecule has 2 N–H and O–H groups in total. The quantitative estimate of drug-likeness (QED) is 0.440. The van der Waals surface area contributed by atoms with E-state index in [0.29, 0.717) is 28.5 Å². The zero-order valence-electron chi connectivity index (χ0n) is 18.1. The summed E-state index contributed by atoms with van der Waals surface area (Å²) in [6.07, 6.45) is -0.586. The minimum Gasteiger partial charge on any atom is -0.444 e. The molecule has 0 aliphatic carbocycles. The third-order valence-corrected chi connectivity index (χ3v) is 4.17. The molecular weight excluding hydrogens is 414 g/mol. The van der Waals surface area contributed by atoms with E-state index >= 15 is 0 Å². The SMILES string of the molecule is Cc1cc(NC(=O)c2ccc(NC(=O)OC(C)(C)C)cc2)n(-c2ccc([N+](=O)[O-])cc2)n1. The maximum Gasteiger partial charge on any atom is 0.412 e. The molecule has 3 rings (SSSR count). The van der Waals surface area contributed by atoms with Gasteiger partial charge in [-0.15, -0.1) is 0 Å². The molecule has 10 heteroatoms. The summed E-state index contributed by atoms with van der Waals surface area (Å²) in [5.74, 6) is 0.0363. The number of aromatic nitrogens is 2. The van der Waals surface area contributed by atoms with Gasteiger partial charge in [0, 0.05) is 29.4 Å². The van der Waals surface area contributed by atoms with Gasteiger partial charge < -0.3 is 10.1 Å². The molecule has 0 spiro atoms. The molecule has 0 radical (unpaired) electrons. The smallest absolute Gasteiger partial charge is 0.412 e. The number of anilines is 2. The molecule has 166 valence electrons. The van der Waals surface area contributed by atoms with Crippen molar-refractivity contribution in [3.05, 3.63) is 76.0 Å². The van der Waals surface area contributed by atoms with Crippen LogP contribution in [0.1, 0.15) is 36.8 Å². The third kappa shape index (κ3) is 5.69. The number of aryl methyl sites for hydroxylation is 1. The number of nitrogens with zero attached hydrogens (tertiary/aromatic N) is 3. The Morgan fingerprint density at radius 2 is 1.66 bits per heavy atom. The van der Waals surface area contributed by atoms with Crippen LogP contribution in [0.4, 0.5) is 22.0 Å². The van der Waals surface area contributed by atoms with Crippen LogP contribution in [0.2, 0.25) is 0 Å². The van der Waals surface area contributed by atoms with Crippen molar-refractivity contribution in [3.8, 4) is 5.69 Å². The van der Waals surface area contributed by atoms with Crippen molar-refractivity contribution in [1.82, 2.24) is 9.78 Å². The van der Waals surface area contributed by atoms with Crippen LogP contribution in [-0.2, 0) is 4.74 Å². The van der Waals surface area contributed by atoms with Gasteiger partial charge in [0.05, 0.1) is 16.3 Å². The first-order valence-electron chi connectivity index (χ1n) is 9.75. The van der Waals surface area contributed by atoms with E-state index in [4.69, 9.17) is 4.74 Å². The average molecular weight is 437 g/mol. The van der Waals surface area contributed by atoms with E-state index in [1.165, 1.54) is 16.8 Å². The molecule has 0 saturated carbocycles. The van der Waals surface area contributed by atoms with Crippen molar-refractivity contribution in [1.29, 1.82) is 0 Å². The number of rotatable bonds is 5. The number of nitrogens with one attached hydrogen (secondary N) is 2. The lowest BCUT2D eigenvalue weighted by Gasteiger charge is -2.19. The highest BCUT2D eigenvalue weighted by atomic mass is 16.6. The van der Waals surface area contributed by atoms with E-state index in [9.17, 15) is 19.7 Å². The first-order valence-corrected chi connectivity index (χ1v) is 9.75. The molecule has 2 aromatic carbocycles. The number of ether oxygens (including phenoxy) is 1. The normalized spacial score (nSPS) is 11.0. The monoisotopic (exact) mass is 437 g/mol. The molecule has 3 aromatic rings. The number of nitro groups is 1. The second kappa shape index (κ2) is 8.88. The molecule has 0 atom stereocenters. The standard InChI is InChI=1S/C22H23N5O5/c1-14-13-19(26(25-14)17-9-11-18(12-10-17)27(30)31)24-20(28)15-5-7-16(8-6-15)23-21(29)32-22(2,3)4/h5-13H,1-4H3,(H,23,29)(H,24,28).